The van der Waals surface area contributed by atoms with Gasteiger partial charge in [-0.15, -0.1) is 0 Å². The number of fused-ring (bicyclic) bond motifs is 2. The first kappa shape index (κ1) is 18.9. The van der Waals surface area contributed by atoms with Crippen LogP contribution in [0.5, 0.6) is 5.75 Å². The first-order valence-corrected chi connectivity index (χ1v) is 9.20. The van der Waals surface area contributed by atoms with E-state index in [1.165, 1.54) is 18.2 Å². The third-order valence-corrected chi connectivity index (χ3v) is 4.84. The van der Waals surface area contributed by atoms with Crippen molar-refractivity contribution in [3.05, 3.63) is 75.1 Å². The Balaban J connectivity index is 1.36. The van der Waals surface area contributed by atoms with Crippen molar-refractivity contribution in [1.29, 1.82) is 0 Å². The van der Waals surface area contributed by atoms with E-state index in [0.29, 0.717) is 11.1 Å². The van der Waals surface area contributed by atoms with E-state index < -0.39 is 5.97 Å². The molecule has 3 aromatic rings. The molecule has 2 aromatic carbocycles. The summed E-state index contributed by atoms with van der Waals surface area (Å²) in [6, 6.07) is 11.0. The minimum atomic E-state index is -0.530. The van der Waals surface area contributed by atoms with Gasteiger partial charge in [-0.3, -0.25) is 24.1 Å². The maximum atomic E-state index is 12.3. The molecule has 1 aromatic heterocycles. The molecule has 7 nitrogen and oxygen atoms in total. The lowest BCUT2D eigenvalue weighted by Gasteiger charge is -2.13. The average Bonchev–Trinajstić information content (AvgIpc) is 2.96. The van der Waals surface area contributed by atoms with E-state index >= 15 is 0 Å². The predicted molar refractivity (Wildman–Crippen MR) is 104 cm³/mol. The summed E-state index contributed by atoms with van der Waals surface area (Å²) in [6.07, 6.45) is 1.40. The summed E-state index contributed by atoms with van der Waals surface area (Å²) >= 11 is 5.73. The van der Waals surface area contributed by atoms with E-state index in [4.69, 9.17) is 20.8 Å². The van der Waals surface area contributed by atoms with Gasteiger partial charge in [0.25, 0.3) is 11.8 Å². The largest absolute Gasteiger partial charge is 0.462 e. The Kier molecular flexibility index (Phi) is 4.90. The van der Waals surface area contributed by atoms with Gasteiger partial charge in [0.1, 0.15) is 22.6 Å². The van der Waals surface area contributed by atoms with Gasteiger partial charge < -0.3 is 9.15 Å². The van der Waals surface area contributed by atoms with Crippen LogP contribution in [0.4, 0.5) is 0 Å². The fourth-order valence-electron chi connectivity index (χ4n) is 3.15. The van der Waals surface area contributed by atoms with Crippen molar-refractivity contribution in [3.8, 4) is 5.75 Å². The molecule has 0 unspecified atom stereocenters. The molecule has 0 fully saturated rings. The lowest BCUT2D eigenvalue weighted by molar-refractivity contribution is -0.134. The number of carbonyl (C=O) groups excluding carboxylic acids is 3. The Hall–Kier alpha value is -3.45. The van der Waals surface area contributed by atoms with Crippen molar-refractivity contribution in [1.82, 2.24) is 4.90 Å². The Bertz CT molecular complexity index is 1180. The van der Waals surface area contributed by atoms with Crippen molar-refractivity contribution >= 4 is 40.4 Å². The minimum absolute atomic E-state index is 0.00993. The highest BCUT2D eigenvalue weighted by molar-refractivity contribution is 6.30. The summed E-state index contributed by atoms with van der Waals surface area (Å²) in [5.41, 5.74) is 0.623. The molecule has 0 spiro atoms. The van der Waals surface area contributed by atoms with Crippen molar-refractivity contribution < 1.29 is 23.5 Å². The zero-order valence-corrected chi connectivity index (χ0v) is 15.8. The average molecular weight is 412 g/mol. The molecular formula is C21H14ClNO6. The lowest BCUT2D eigenvalue weighted by Crippen LogP contribution is -2.31. The molecule has 146 valence electrons. The number of halogens is 1. The van der Waals surface area contributed by atoms with Crippen LogP contribution in [0.1, 0.15) is 33.6 Å². The Morgan fingerprint density at radius 1 is 1.03 bits per heavy atom. The Labute approximate surface area is 169 Å². The highest BCUT2D eigenvalue weighted by Crippen LogP contribution is 2.23. The number of hydrogen-bond donors (Lipinski definition) is 0. The molecule has 2 amide bonds. The predicted octanol–water partition coefficient (Wildman–Crippen LogP) is 3.43. The molecule has 0 radical (unpaired) electrons. The van der Waals surface area contributed by atoms with Crippen LogP contribution >= 0.6 is 11.6 Å². The van der Waals surface area contributed by atoms with Gasteiger partial charge >= 0.3 is 5.97 Å². The first-order chi connectivity index (χ1) is 14.0. The minimum Gasteiger partial charge on any atom is -0.462 e. The second-order valence-corrected chi connectivity index (χ2v) is 6.86. The van der Waals surface area contributed by atoms with Gasteiger partial charge in [-0.25, -0.2) is 0 Å². The zero-order valence-electron chi connectivity index (χ0n) is 15.0. The third kappa shape index (κ3) is 3.52. The van der Waals surface area contributed by atoms with E-state index in [1.807, 2.05) is 0 Å². The molecule has 0 saturated carbocycles. The van der Waals surface area contributed by atoms with Crippen LogP contribution in [0.2, 0.25) is 5.02 Å². The second kappa shape index (κ2) is 7.52. The molecule has 1 aliphatic heterocycles. The topological polar surface area (TPSA) is 93.9 Å². The van der Waals surface area contributed by atoms with E-state index in [1.54, 1.807) is 24.3 Å². The van der Waals surface area contributed by atoms with Gasteiger partial charge in [0.2, 0.25) is 5.43 Å². The van der Waals surface area contributed by atoms with Crippen molar-refractivity contribution in [2.45, 2.75) is 12.8 Å². The summed E-state index contributed by atoms with van der Waals surface area (Å²) in [5.74, 6) is -1.03. The van der Waals surface area contributed by atoms with Crippen LogP contribution in [0.15, 0.2) is 57.9 Å². The van der Waals surface area contributed by atoms with Crippen LogP contribution < -0.4 is 10.2 Å². The van der Waals surface area contributed by atoms with Crippen LogP contribution in [0.25, 0.3) is 11.0 Å². The maximum absolute atomic E-state index is 12.3. The van der Waals surface area contributed by atoms with E-state index in [-0.39, 0.29) is 58.4 Å². The first-order valence-electron chi connectivity index (χ1n) is 8.82. The van der Waals surface area contributed by atoms with Gasteiger partial charge in [0.05, 0.1) is 16.5 Å². The summed E-state index contributed by atoms with van der Waals surface area (Å²) in [6.45, 7) is 0.118. The molecule has 29 heavy (non-hydrogen) atoms. The van der Waals surface area contributed by atoms with E-state index in [9.17, 15) is 19.2 Å². The lowest BCUT2D eigenvalue weighted by atomic mass is 10.1. The highest BCUT2D eigenvalue weighted by Gasteiger charge is 2.34. The fraction of sp³-hybridized carbons (Fsp3) is 0.143. The van der Waals surface area contributed by atoms with Crippen molar-refractivity contribution in [2.75, 3.05) is 6.54 Å². The summed E-state index contributed by atoms with van der Waals surface area (Å²) in [7, 11) is 0. The molecule has 0 aliphatic carbocycles. The van der Waals surface area contributed by atoms with Gasteiger partial charge in [-0.1, -0.05) is 23.7 Å². The van der Waals surface area contributed by atoms with Crippen LogP contribution in [0, 0.1) is 0 Å². The molecule has 2 heterocycles. The Morgan fingerprint density at radius 3 is 2.41 bits per heavy atom. The highest BCUT2D eigenvalue weighted by atomic mass is 35.5. The van der Waals surface area contributed by atoms with Crippen molar-refractivity contribution in [3.63, 3.8) is 0 Å². The number of benzene rings is 2. The molecule has 4 rings (SSSR count). The number of imide groups is 1. The number of carbonyl (C=O) groups is 3. The second-order valence-electron chi connectivity index (χ2n) is 6.46. The number of amides is 2. The van der Waals surface area contributed by atoms with Crippen LogP contribution in [-0.2, 0) is 4.79 Å². The molecular weight excluding hydrogens is 398 g/mol. The quantitative estimate of drug-likeness (QED) is 0.362. The number of hydrogen-bond acceptors (Lipinski definition) is 6. The summed E-state index contributed by atoms with van der Waals surface area (Å²) in [5, 5.41) is 0.248. The van der Waals surface area contributed by atoms with Gasteiger partial charge in [0, 0.05) is 19.0 Å². The third-order valence-electron chi connectivity index (χ3n) is 4.58. The number of rotatable bonds is 5. The Morgan fingerprint density at radius 2 is 1.72 bits per heavy atom. The number of nitrogens with zero attached hydrogens (tertiary/aromatic N) is 1. The standard InChI is InChI=1S/C21H14ClNO6/c22-16-11-28-17-10-12(7-8-15(17)19(16)25)29-18(24)6-3-9-23-20(26)13-4-1-2-5-14(13)21(23)27/h1-2,4-5,7-8,10-11H,3,6,9H2. The van der Waals surface area contributed by atoms with Crippen LogP contribution in [0.3, 0.4) is 0 Å². The van der Waals surface area contributed by atoms with E-state index in [2.05, 4.69) is 0 Å². The van der Waals surface area contributed by atoms with E-state index in [0.717, 1.165) is 11.2 Å². The van der Waals surface area contributed by atoms with Gasteiger partial charge in [0.15, 0.2) is 0 Å². The molecule has 0 bridgehead atoms. The van der Waals surface area contributed by atoms with Gasteiger partial charge in [-0.05, 0) is 30.7 Å². The maximum Gasteiger partial charge on any atom is 0.311 e. The molecule has 0 N–H and O–H groups in total. The zero-order chi connectivity index (χ0) is 20.5. The summed E-state index contributed by atoms with van der Waals surface area (Å²) < 4.78 is 10.5. The number of esters is 1. The fourth-order valence-corrected chi connectivity index (χ4v) is 3.30. The molecule has 0 saturated heterocycles. The molecule has 8 heteroatoms. The smallest absolute Gasteiger partial charge is 0.311 e. The SMILES string of the molecule is O=C(CCCN1C(=O)c2ccccc2C1=O)Oc1ccc2c(=O)c(Cl)coc2c1. The molecule has 0 atom stereocenters. The van der Waals surface area contributed by atoms with Crippen molar-refractivity contribution in [2.24, 2.45) is 0 Å². The monoisotopic (exact) mass is 411 g/mol. The van der Waals surface area contributed by atoms with Crippen LogP contribution in [-0.4, -0.2) is 29.2 Å². The van der Waals surface area contributed by atoms with Gasteiger partial charge in [-0.2, -0.15) is 0 Å². The summed E-state index contributed by atoms with van der Waals surface area (Å²) in [4.78, 5) is 49.7. The molecule has 1 aliphatic rings. The number of ether oxygens (including phenoxy) is 1. The normalized spacial score (nSPS) is 13.1.